The Morgan fingerprint density at radius 2 is 2.05 bits per heavy atom. The number of hydrogen-bond donors (Lipinski definition) is 1. The molecule has 5 heteroatoms. The van der Waals surface area contributed by atoms with Crippen LogP contribution in [0.2, 0.25) is 0 Å². The fourth-order valence-corrected chi connectivity index (χ4v) is 1.75. The van der Waals surface area contributed by atoms with Gasteiger partial charge in [0, 0.05) is 12.3 Å². The first-order chi connectivity index (χ1) is 9.33. The summed E-state index contributed by atoms with van der Waals surface area (Å²) in [5.74, 6) is 0.982. The molecule has 1 aromatic carbocycles. The van der Waals surface area contributed by atoms with Gasteiger partial charge in [0.2, 0.25) is 5.82 Å². The van der Waals surface area contributed by atoms with E-state index in [-0.39, 0.29) is 0 Å². The number of H-pyrrole nitrogens is 1. The summed E-state index contributed by atoms with van der Waals surface area (Å²) >= 11 is 0. The van der Waals surface area contributed by atoms with Crippen molar-refractivity contribution >= 4 is 11.6 Å². The average molecular weight is 252 g/mol. The first-order valence-electron chi connectivity index (χ1n) is 5.90. The fraction of sp³-hybridized carbons (Fsp3) is 0.0714. The minimum absolute atomic E-state index is 0.478. The maximum Gasteiger partial charge on any atom is 0.251 e. The zero-order valence-electron chi connectivity index (χ0n) is 10.4. The molecule has 0 bridgehead atoms. The van der Waals surface area contributed by atoms with Crippen LogP contribution >= 0.6 is 0 Å². The van der Waals surface area contributed by atoms with Crippen LogP contribution in [0.5, 0.6) is 0 Å². The second-order valence-electron chi connectivity index (χ2n) is 4.12. The van der Waals surface area contributed by atoms with E-state index in [1.54, 1.807) is 12.3 Å². The van der Waals surface area contributed by atoms with Crippen LogP contribution in [-0.4, -0.2) is 20.3 Å². The van der Waals surface area contributed by atoms with Gasteiger partial charge in [0.15, 0.2) is 0 Å². The molecule has 2 heterocycles. The molecule has 19 heavy (non-hydrogen) atoms. The number of benzene rings is 1. The third kappa shape index (κ3) is 2.44. The molecule has 0 aliphatic rings. The highest BCUT2D eigenvalue weighted by Gasteiger charge is 2.08. The number of nitrogens with one attached hydrogen (secondary N) is 1. The van der Waals surface area contributed by atoms with Crippen LogP contribution in [-0.2, 0) is 0 Å². The van der Waals surface area contributed by atoms with Crippen LogP contribution in [0.1, 0.15) is 18.4 Å². The monoisotopic (exact) mass is 252 g/mol. The van der Waals surface area contributed by atoms with Gasteiger partial charge in [-0.3, -0.25) is 5.10 Å². The molecule has 0 saturated carbocycles. The number of aromatic nitrogens is 4. The average Bonchev–Trinajstić information content (AvgIpc) is 3.10. The summed E-state index contributed by atoms with van der Waals surface area (Å²) in [6, 6.07) is 11.9. The van der Waals surface area contributed by atoms with E-state index >= 15 is 0 Å². The minimum Gasteiger partial charge on any atom is -0.334 e. The molecule has 3 rings (SSSR count). The van der Waals surface area contributed by atoms with Gasteiger partial charge in [0.05, 0.1) is 0 Å². The number of rotatable bonds is 3. The molecule has 0 amide bonds. The smallest absolute Gasteiger partial charge is 0.251 e. The highest BCUT2D eigenvalue weighted by Crippen LogP contribution is 2.18. The van der Waals surface area contributed by atoms with Crippen LogP contribution in [0.4, 0.5) is 0 Å². The van der Waals surface area contributed by atoms with Gasteiger partial charge in [-0.2, -0.15) is 10.1 Å². The lowest BCUT2D eigenvalue weighted by molar-refractivity contribution is 0.411. The van der Waals surface area contributed by atoms with Crippen molar-refractivity contribution in [3.05, 3.63) is 54.0 Å². The number of allylic oxidation sites excluding steroid dienone is 1. The maximum absolute atomic E-state index is 5.20. The van der Waals surface area contributed by atoms with Gasteiger partial charge in [0.25, 0.3) is 5.89 Å². The third-order valence-electron chi connectivity index (χ3n) is 2.75. The Morgan fingerprint density at radius 1 is 1.21 bits per heavy atom. The Hall–Kier alpha value is -2.69. The van der Waals surface area contributed by atoms with Gasteiger partial charge in [-0.15, -0.1) is 0 Å². The predicted octanol–water partition coefficient (Wildman–Crippen LogP) is 3.02. The molecule has 0 fully saturated rings. The second-order valence-corrected chi connectivity index (χ2v) is 4.12. The highest BCUT2D eigenvalue weighted by molar-refractivity contribution is 5.77. The molecule has 2 aromatic heterocycles. The largest absolute Gasteiger partial charge is 0.334 e. The second kappa shape index (κ2) is 4.89. The van der Waals surface area contributed by atoms with Gasteiger partial charge in [0.1, 0.15) is 5.69 Å². The molecule has 1 N–H and O–H groups in total. The van der Waals surface area contributed by atoms with Gasteiger partial charge in [-0.25, -0.2) is 0 Å². The quantitative estimate of drug-likeness (QED) is 0.778. The van der Waals surface area contributed by atoms with Crippen molar-refractivity contribution in [2.24, 2.45) is 0 Å². The van der Waals surface area contributed by atoms with Crippen LogP contribution < -0.4 is 0 Å². The molecular formula is C14H12N4O. The Bertz CT molecular complexity index is 683. The number of hydrogen-bond acceptors (Lipinski definition) is 4. The van der Waals surface area contributed by atoms with E-state index in [0.717, 1.165) is 16.8 Å². The Balaban J connectivity index is 1.88. The predicted molar refractivity (Wildman–Crippen MR) is 71.9 cm³/mol. The van der Waals surface area contributed by atoms with Crippen LogP contribution in [0.3, 0.4) is 0 Å². The lowest BCUT2D eigenvalue weighted by Gasteiger charge is -1.98. The van der Waals surface area contributed by atoms with E-state index in [0.29, 0.717) is 11.7 Å². The van der Waals surface area contributed by atoms with Gasteiger partial charge in [-0.05, 0) is 24.1 Å². The molecule has 0 unspecified atom stereocenters. The number of aromatic amines is 1. The molecule has 5 nitrogen and oxygen atoms in total. The highest BCUT2D eigenvalue weighted by atomic mass is 16.5. The molecule has 3 aromatic rings. The van der Waals surface area contributed by atoms with Crippen molar-refractivity contribution in [3.8, 4) is 11.5 Å². The van der Waals surface area contributed by atoms with E-state index < -0.39 is 0 Å². The summed E-state index contributed by atoms with van der Waals surface area (Å²) in [5, 5.41) is 10.6. The van der Waals surface area contributed by atoms with Gasteiger partial charge in [-0.1, -0.05) is 35.5 Å². The Labute approximate surface area is 110 Å². The molecule has 0 aliphatic heterocycles. The zero-order chi connectivity index (χ0) is 13.1. The third-order valence-corrected chi connectivity index (χ3v) is 2.75. The van der Waals surface area contributed by atoms with Crippen molar-refractivity contribution in [3.63, 3.8) is 0 Å². The van der Waals surface area contributed by atoms with Crippen LogP contribution in [0.25, 0.3) is 23.2 Å². The fourth-order valence-electron chi connectivity index (χ4n) is 1.75. The van der Waals surface area contributed by atoms with Gasteiger partial charge >= 0.3 is 0 Å². The van der Waals surface area contributed by atoms with Crippen molar-refractivity contribution < 1.29 is 4.52 Å². The summed E-state index contributed by atoms with van der Waals surface area (Å²) in [5.41, 5.74) is 2.94. The van der Waals surface area contributed by atoms with E-state index in [2.05, 4.69) is 20.3 Å². The summed E-state index contributed by atoms with van der Waals surface area (Å²) in [6.45, 7) is 2.01. The van der Waals surface area contributed by atoms with E-state index in [1.165, 1.54) is 0 Å². The Morgan fingerprint density at radius 3 is 2.79 bits per heavy atom. The lowest BCUT2D eigenvalue weighted by Crippen LogP contribution is -1.81. The first-order valence-corrected chi connectivity index (χ1v) is 5.90. The van der Waals surface area contributed by atoms with Crippen LogP contribution in [0.15, 0.2) is 47.1 Å². The number of nitrogens with zero attached hydrogens (tertiary/aromatic N) is 3. The zero-order valence-corrected chi connectivity index (χ0v) is 10.4. The topological polar surface area (TPSA) is 67.6 Å². The van der Waals surface area contributed by atoms with Crippen molar-refractivity contribution in [1.29, 1.82) is 0 Å². The SMILES string of the molecule is C/C(=C/c1nc(-c2ccn[nH]2)no1)c1ccccc1. The maximum atomic E-state index is 5.20. The molecule has 0 radical (unpaired) electrons. The molecular weight excluding hydrogens is 240 g/mol. The summed E-state index contributed by atoms with van der Waals surface area (Å²) in [4.78, 5) is 4.29. The summed E-state index contributed by atoms with van der Waals surface area (Å²) < 4.78 is 5.20. The van der Waals surface area contributed by atoms with E-state index in [1.807, 2.05) is 43.3 Å². The molecule has 94 valence electrons. The molecule has 0 aliphatic carbocycles. The minimum atomic E-state index is 0.478. The molecule has 0 spiro atoms. The molecule has 0 saturated heterocycles. The van der Waals surface area contributed by atoms with Crippen molar-refractivity contribution in [2.45, 2.75) is 6.92 Å². The standard InChI is InChI=1S/C14H12N4O/c1-10(11-5-3-2-4-6-11)9-13-16-14(18-19-13)12-7-8-15-17-12/h2-9H,1H3,(H,15,17)/b10-9-. The lowest BCUT2D eigenvalue weighted by atomic mass is 10.1. The van der Waals surface area contributed by atoms with Gasteiger partial charge < -0.3 is 4.52 Å². The molecule has 0 atom stereocenters. The summed E-state index contributed by atoms with van der Waals surface area (Å²) in [7, 11) is 0. The van der Waals surface area contributed by atoms with E-state index in [9.17, 15) is 0 Å². The normalized spacial score (nSPS) is 11.7. The first kappa shape index (κ1) is 11.4. The van der Waals surface area contributed by atoms with Crippen molar-refractivity contribution in [1.82, 2.24) is 20.3 Å². The van der Waals surface area contributed by atoms with Crippen LogP contribution in [0, 0.1) is 0 Å². The summed E-state index contributed by atoms with van der Waals surface area (Å²) in [6.07, 6.45) is 3.51. The van der Waals surface area contributed by atoms with Crippen molar-refractivity contribution in [2.75, 3.05) is 0 Å². The Kier molecular flexibility index (Phi) is 2.94. The van der Waals surface area contributed by atoms with E-state index in [4.69, 9.17) is 4.52 Å².